The van der Waals surface area contributed by atoms with E-state index in [0.717, 1.165) is 11.1 Å². The molecule has 6 rings (SSSR count). The summed E-state index contributed by atoms with van der Waals surface area (Å²) < 4.78 is 13.6. The number of Topliss-reactive ketones (excluding diaryl/α,β-unsaturated/α-hetero) is 2. The fourth-order valence-electron chi connectivity index (χ4n) is 7.14. The summed E-state index contributed by atoms with van der Waals surface area (Å²) in [7, 11) is 0. The number of aromatic hydroxyl groups is 2. The van der Waals surface area contributed by atoms with Crippen molar-refractivity contribution in [1.82, 2.24) is 0 Å². The van der Waals surface area contributed by atoms with Gasteiger partial charge in [-0.2, -0.15) is 0 Å². The van der Waals surface area contributed by atoms with Crippen LogP contribution in [-0.2, 0) is 22.4 Å². The highest BCUT2D eigenvalue weighted by Crippen LogP contribution is 2.68. The SMILES string of the molecule is CC(C)=CCc1c(O)c(CC=C(C)C)c2c(c1O)C(=O)C1=C[C@@H]3CC4C(C)(C)O[C@@](C/C=C(\C)CO)(C3=O)[C@@]14O2. The predicted octanol–water partition coefficient (Wildman–Crippen LogP) is 5.45. The average molecular weight is 549 g/mol. The summed E-state index contributed by atoms with van der Waals surface area (Å²) >= 11 is 0. The zero-order valence-corrected chi connectivity index (χ0v) is 24.5. The molecule has 3 aliphatic carbocycles. The van der Waals surface area contributed by atoms with Gasteiger partial charge in [-0.1, -0.05) is 41.0 Å². The van der Waals surface area contributed by atoms with Crippen LogP contribution in [0.4, 0.5) is 0 Å². The summed E-state index contributed by atoms with van der Waals surface area (Å²) in [5, 5.41) is 32.7. The lowest BCUT2D eigenvalue weighted by Gasteiger charge is -2.56. The standard InChI is InChI=1S/C33H40O7/c1-17(2)8-10-21-26(35)22(11-9-18(3)4)29-25(27(21)36)28(37)23-14-20-15-24-31(6,7)40-32(30(20)38,33(23,24)39-29)13-12-19(5)16-34/h8-9,12,14,20,24,34-36H,10-11,13,15-16H2,1-7H3/b19-12+/t20-,24?,32+,33-/m1/s1. The van der Waals surface area contributed by atoms with Gasteiger partial charge in [0, 0.05) is 35.0 Å². The molecule has 0 aromatic heterocycles. The summed E-state index contributed by atoms with van der Waals surface area (Å²) in [4.78, 5) is 28.6. The Morgan fingerprint density at radius 2 is 1.60 bits per heavy atom. The van der Waals surface area contributed by atoms with Gasteiger partial charge in [0.25, 0.3) is 0 Å². The molecule has 4 atom stereocenters. The summed E-state index contributed by atoms with van der Waals surface area (Å²) in [6, 6.07) is 0. The number of rotatable bonds is 7. The molecule has 0 amide bonds. The zero-order valence-electron chi connectivity index (χ0n) is 24.5. The fourth-order valence-corrected chi connectivity index (χ4v) is 7.14. The van der Waals surface area contributed by atoms with E-state index < -0.39 is 28.5 Å². The second-order valence-electron chi connectivity index (χ2n) is 12.8. The molecule has 214 valence electrons. The van der Waals surface area contributed by atoms with Gasteiger partial charge < -0.3 is 24.8 Å². The largest absolute Gasteiger partial charge is 0.507 e. The monoisotopic (exact) mass is 548 g/mol. The van der Waals surface area contributed by atoms with E-state index in [2.05, 4.69) is 0 Å². The maximum absolute atomic E-state index is 14.5. The van der Waals surface area contributed by atoms with E-state index in [-0.39, 0.29) is 65.9 Å². The number of phenolic OH excluding ortho intramolecular Hbond substituents is 2. The molecule has 2 aliphatic heterocycles. The van der Waals surface area contributed by atoms with Gasteiger partial charge in [-0.3, -0.25) is 9.59 Å². The maximum atomic E-state index is 14.5. The summed E-state index contributed by atoms with van der Waals surface area (Å²) in [5.41, 5.74) is 0.0439. The van der Waals surface area contributed by atoms with Crippen LogP contribution in [-0.4, -0.2) is 50.3 Å². The molecular formula is C33H40O7. The minimum absolute atomic E-state index is 0.0263. The van der Waals surface area contributed by atoms with Crippen molar-refractivity contribution in [1.29, 1.82) is 0 Å². The first-order valence-electron chi connectivity index (χ1n) is 14.0. The number of ketones is 2. The molecule has 3 N–H and O–H groups in total. The Kier molecular flexibility index (Phi) is 6.70. The number of carbonyl (C=O) groups excluding carboxylic acids is 2. The van der Waals surface area contributed by atoms with E-state index in [1.54, 1.807) is 19.1 Å². The first-order valence-corrected chi connectivity index (χ1v) is 14.0. The van der Waals surface area contributed by atoms with Crippen molar-refractivity contribution in [2.24, 2.45) is 11.8 Å². The number of hydrogen-bond donors (Lipinski definition) is 3. The van der Waals surface area contributed by atoms with Crippen molar-refractivity contribution in [2.45, 2.75) is 91.0 Å². The molecule has 1 saturated carbocycles. The van der Waals surface area contributed by atoms with Gasteiger partial charge in [0.15, 0.2) is 22.8 Å². The van der Waals surface area contributed by atoms with Crippen LogP contribution in [0.2, 0.25) is 0 Å². The van der Waals surface area contributed by atoms with Crippen molar-refractivity contribution in [3.63, 3.8) is 0 Å². The molecule has 5 aliphatic rings. The number of fused-ring (bicyclic) bond motifs is 1. The van der Waals surface area contributed by atoms with E-state index in [1.807, 2.05) is 53.7 Å². The van der Waals surface area contributed by atoms with Gasteiger partial charge in [0.2, 0.25) is 0 Å². The molecule has 1 spiro atoms. The van der Waals surface area contributed by atoms with Crippen LogP contribution in [0.3, 0.4) is 0 Å². The van der Waals surface area contributed by atoms with E-state index in [4.69, 9.17) is 9.47 Å². The van der Waals surface area contributed by atoms with Crippen LogP contribution in [0, 0.1) is 11.8 Å². The van der Waals surface area contributed by atoms with E-state index in [0.29, 0.717) is 23.1 Å². The number of hydrogen-bond acceptors (Lipinski definition) is 7. The van der Waals surface area contributed by atoms with Crippen LogP contribution in [0.15, 0.2) is 46.6 Å². The fraction of sp³-hybridized carbons (Fsp3) is 0.515. The van der Waals surface area contributed by atoms with Crippen LogP contribution in [0.5, 0.6) is 17.2 Å². The first-order chi connectivity index (χ1) is 18.7. The van der Waals surface area contributed by atoms with E-state index >= 15 is 0 Å². The van der Waals surface area contributed by atoms with Crippen molar-refractivity contribution in [2.75, 3.05) is 6.61 Å². The number of carbonyl (C=O) groups is 2. The van der Waals surface area contributed by atoms with Crippen molar-refractivity contribution in [3.8, 4) is 17.2 Å². The quantitative estimate of drug-likeness (QED) is 0.388. The molecule has 40 heavy (non-hydrogen) atoms. The number of benzene rings is 1. The van der Waals surface area contributed by atoms with Gasteiger partial charge in [-0.15, -0.1) is 0 Å². The van der Waals surface area contributed by atoms with Crippen LogP contribution in [0.25, 0.3) is 0 Å². The molecule has 2 heterocycles. The van der Waals surface area contributed by atoms with Gasteiger partial charge in [0.05, 0.1) is 12.2 Å². The van der Waals surface area contributed by atoms with Gasteiger partial charge in [-0.05, 0) is 67.7 Å². The average Bonchev–Trinajstić information content (AvgIpc) is 3.03. The van der Waals surface area contributed by atoms with Crippen molar-refractivity contribution < 1.29 is 34.4 Å². The molecule has 1 saturated heterocycles. The Hall–Kier alpha value is -3.16. The first kappa shape index (κ1) is 28.4. The van der Waals surface area contributed by atoms with Crippen molar-refractivity contribution >= 4 is 11.6 Å². The minimum atomic E-state index is -1.49. The Bertz CT molecular complexity index is 1430. The van der Waals surface area contributed by atoms with Crippen molar-refractivity contribution in [3.05, 3.63) is 63.3 Å². The molecule has 0 radical (unpaired) electrons. The Morgan fingerprint density at radius 3 is 2.20 bits per heavy atom. The number of allylic oxidation sites excluding steroid dienone is 5. The third-order valence-electron chi connectivity index (χ3n) is 9.11. The van der Waals surface area contributed by atoms with E-state index in [9.17, 15) is 24.9 Å². The van der Waals surface area contributed by atoms with Crippen LogP contribution >= 0.6 is 0 Å². The normalized spacial score (nSPS) is 29.4. The lowest BCUT2D eigenvalue weighted by molar-refractivity contribution is -0.171. The summed E-state index contributed by atoms with van der Waals surface area (Å²) in [6.07, 6.45) is 8.47. The molecule has 7 nitrogen and oxygen atoms in total. The smallest absolute Gasteiger partial charge is 0.200 e. The van der Waals surface area contributed by atoms with Gasteiger partial charge >= 0.3 is 0 Å². The second-order valence-corrected chi connectivity index (χ2v) is 12.8. The van der Waals surface area contributed by atoms with Gasteiger partial charge in [-0.25, -0.2) is 0 Å². The number of aliphatic hydroxyl groups excluding tert-OH is 1. The third-order valence-corrected chi connectivity index (χ3v) is 9.11. The summed E-state index contributed by atoms with van der Waals surface area (Å²) in [6.45, 7) is 13.2. The number of aliphatic hydroxyl groups is 1. The van der Waals surface area contributed by atoms with E-state index in [1.165, 1.54) is 0 Å². The maximum Gasteiger partial charge on any atom is 0.200 e. The summed E-state index contributed by atoms with van der Waals surface area (Å²) in [5.74, 6) is -1.68. The second kappa shape index (κ2) is 9.45. The molecule has 4 bridgehead atoms. The number of phenols is 2. The highest BCUT2D eigenvalue weighted by Gasteiger charge is 2.81. The molecule has 2 fully saturated rings. The predicted molar refractivity (Wildman–Crippen MR) is 152 cm³/mol. The molecule has 7 heteroatoms. The Balaban J connectivity index is 1.81. The number of ether oxygens (including phenoxy) is 2. The zero-order chi connectivity index (χ0) is 29.4. The minimum Gasteiger partial charge on any atom is -0.507 e. The van der Waals surface area contributed by atoms with Gasteiger partial charge in [0.1, 0.15) is 22.8 Å². The highest BCUT2D eigenvalue weighted by atomic mass is 16.6. The van der Waals surface area contributed by atoms with Crippen LogP contribution < -0.4 is 4.74 Å². The topological polar surface area (TPSA) is 113 Å². The highest BCUT2D eigenvalue weighted by molar-refractivity contribution is 6.18. The lowest BCUT2D eigenvalue weighted by Crippen LogP contribution is -2.72. The molecule has 1 aromatic carbocycles. The Labute approximate surface area is 235 Å². The Morgan fingerprint density at radius 1 is 0.975 bits per heavy atom. The lowest BCUT2D eigenvalue weighted by atomic mass is 9.51. The molecule has 1 aromatic rings. The molecular weight excluding hydrogens is 508 g/mol. The van der Waals surface area contributed by atoms with Crippen LogP contribution in [0.1, 0.15) is 82.8 Å². The third kappa shape index (κ3) is 3.77. The molecule has 1 unspecified atom stereocenters.